The standard InChI is InChI=1S/C16H16ClF2NO/c1-20-16(8-10-3-6-13(17)15(19)7-10)12-5-4-11(21-2)9-14(12)18/h3-7,9,16,20H,8H2,1-2H3. The molecule has 0 saturated heterocycles. The fraction of sp³-hybridized carbons (Fsp3) is 0.250. The zero-order valence-electron chi connectivity index (χ0n) is 11.8. The van der Waals surface area contributed by atoms with Crippen molar-refractivity contribution in [1.29, 1.82) is 0 Å². The average molecular weight is 312 g/mol. The molecule has 0 aliphatic rings. The van der Waals surface area contributed by atoms with E-state index in [1.807, 2.05) is 0 Å². The van der Waals surface area contributed by atoms with Crippen molar-refractivity contribution in [1.82, 2.24) is 5.32 Å². The Labute approximate surface area is 127 Å². The Kier molecular flexibility index (Phi) is 5.15. The van der Waals surface area contributed by atoms with E-state index in [1.165, 1.54) is 25.3 Å². The van der Waals surface area contributed by atoms with E-state index in [2.05, 4.69) is 5.32 Å². The number of methoxy groups -OCH3 is 1. The third kappa shape index (κ3) is 3.71. The zero-order chi connectivity index (χ0) is 15.4. The summed E-state index contributed by atoms with van der Waals surface area (Å²) in [7, 11) is 3.22. The molecule has 0 radical (unpaired) electrons. The maximum atomic E-state index is 14.1. The summed E-state index contributed by atoms with van der Waals surface area (Å²) in [6.45, 7) is 0. The molecule has 21 heavy (non-hydrogen) atoms. The summed E-state index contributed by atoms with van der Waals surface area (Å²) < 4.78 is 32.6. The first-order valence-corrected chi connectivity index (χ1v) is 6.87. The zero-order valence-corrected chi connectivity index (χ0v) is 12.5. The van der Waals surface area contributed by atoms with Gasteiger partial charge in [-0.1, -0.05) is 23.7 Å². The van der Waals surface area contributed by atoms with Gasteiger partial charge in [0.2, 0.25) is 0 Å². The molecular weight excluding hydrogens is 296 g/mol. The number of likely N-dealkylation sites (N-methyl/N-ethyl adjacent to an activating group) is 1. The van der Waals surface area contributed by atoms with Crippen LogP contribution in [0.15, 0.2) is 36.4 Å². The maximum Gasteiger partial charge on any atom is 0.142 e. The van der Waals surface area contributed by atoms with Crippen LogP contribution in [0.2, 0.25) is 5.02 Å². The van der Waals surface area contributed by atoms with Crippen molar-refractivity contribution < 1.29 is 13.5 Å². The molecule has 2 rings (SSSR count). The molecule has 0 bridgehead atoms. The van der Waals surface area contributed by atoms with Gasteiger partial charge >= 0.3 is 0 Å². The van der Waals surface area contributed by atoms with E-state index in [1.54, 1.807) is 25.2 Å². The second kappa shape index (κ2) is 6.87. The van der Waals surface area contributed by atoms with Gasteiger partial charge in [0.15, 0.2) is 0 Å². The molecule has 112 valence electrons. The van der Waals surface area contributed by atoms with Gasteiger partial charge in [0.25, 0.3) is 0 Å². The Balaban J connectivity index is 2.25. The minimum absolute atomic E-state index is 0.0791. The molecular formula is C16H16ClF2NO. The lowest BCUT2D eigenvalue weighted by atomic mass is 9.98. The van der Waals surface area contributed by atoms with Crippen molar-refractivity contribution in [3.63, 3.8) is 0 Å². The molecule has 1 N–H and O–H groups in total. The molecule has 0 fully saturated rings. The molecule has 2 aromatic carbocycles. The molecule has 1 unspecified atom stereocenters. The minimum atomic E-state index is -0.473. The molecule has 5 heteroatoms. The van der Waals surface area contributed by atoms with E-state index < -0.39 is 5.82 Å². The monoisotopic (exact) mass is 311 g/mol. The second-order valence-corrected chi connectivity index (χ2v) is 5.09. The lowest BCUT2D eigenvalue weighted by molar-refractivity contribution is 0.409. The van der Waals surface area contributed by atoms with Gasteiger partial charge in [-0.05, 0) is 37.2 Å². The highest BCUT2D eigenvalue weighted by Gasteiger charge is 2.16. The first-order valence-electron chi connectivity index (χ1n) is 6.49. The second-order valence-electron chi connectivity index (χ2n) is 4.68. The first-order chi connectivity index (χ1) is 10.0. The predicted octanol–water partition coefficient (Wildman–Crippen LogP) is 4.13. The topological polar surface area (TPSA) is 21.3 Å². The van der Waals surface area contributed by atoms with Gasteiger partial charge in [0.05, 0.1) is 12.1 Å². The molecule has 0 heterocycles. The van der Waals surface area contributed by atoms with Crippen LogP contribution in [0.5, 0.6) is 5.75 Å². The van der Waals surface area contributed by atoms with Crippen LogP contribution in [0.3, 0.4) is 0 Å². The van der Waals surface area contributed by atoms with Gasteiger partial charge in [-0.25, -0.2) is 8.78 Å². The van der Waals surface area contributed by atoms with Gasteiger partial charge < -0.3 is 10.1 Å². The first kappa shape index (κ1) is 15.7. The molecule has 0 saturated carbocycles. The largest absolute Gasteiger partial charge is 0.497 e. The van der Waals surface area contributed by atoms with Crippen molar-refractivity contribution >= 4 is 11.6 Å². The van der Waals surface area contributed by atoms with Crippen molar-refractivity contribution in [2.75, 3.05) is 14.2 Å². The van der Waals surface area contributed by atoms with Crippen LogP contribution in [0, 0.1) is 11.6 Å². The Morgan fingerprint density at radius 1 is 1.14 bits per heavy atom. The van der Waals surface area contributed by atoms with Gasteiger partial charge in [0, 0.05) is 17.7 Å². The fourth-order valence-corrected chi connectivity index (χ4v) is 2.30. The van der Waals surface area contributed by atoms with Crippen LogP contribution in [-0.2, 0) is 6.42 Å². The normalized spacial score (nSPS) is 12.2. The molecule has 0 amide bonds. The third-order valence-corrected chi connectivity index (χ3v) is 3.66. The number of benzene rings is 2. The van der Waals surface area contributed by atoms with Crippen molar-refractivity contribution in [2.45, 2.75) is 12.5 Å². The van der Waals surface area contributed by atoms with Gasteiger partial charge in [-0.2, -0.15) is 0 Å². The molecule has 0 aliphatic heterocycles. The van der Waals surface area contributed by atoms with Crippen LogP contribution in [0.1, 0.15) is 17.2 Å². The van der Waals surface area contributed by atoms with E-state index in [0.717, 1.165) is 5.56 Å². The summed E-state index contributed by atoms with van der Waals surface area (Å²) in [4.78, 5) is 0. The maximum absolute atomic E-state index is 14.1. The minimum Gasteiger partial charge on any atom is -0.497 e. The van der Waals surface area contributed by atoms with Gasteiger partial charge in [-0.3, -0.25) is 0 Å². The fourth-order valence-electron chi connectivity index (χ4n) is 2.19. The summed E-state index contributed by atoms with van der Waals surface area (Å²) in [5.74, 6) is -0.369. The van der Waals surface area contributed by atoms with E-state index in [-0.39, 0.29) is 16.9 Å². The SMILES string of the molecule is CNC(Cc1ccc(Cl)c(F)c1)c1ccc(OC)cc1F. The number of hydrogen-bond acceptors (Lipinski definition) is 2. The number of halogens is 3. The summed E-state index contributed by atoms with van der Waals surface area (Å²) in [5.41, 5.74) is 1.25. The summed E-state index contributed by atoms with van der Waals surface area (Å²) in [5, 5.41) is 3.12. The highest BCUT2D eigenvalue weighted by Crippen LogP contribution is 2.25. The Hall–Kier alpha value is -1.65. The summed E-state index contributed by atoms with van der Waals surface area (Å²) >= 11 is 5.66. The molecule has 1 atom stereocenters. The van der Waals surface area contributed by atoms with Crippen LogP contribution >= 0.6 is 11.6 Å². The van der Waals surface area contributed by atoms with Crippen LogP contribution < -0.4 is 10.1 Å². The highest BCUT2D eigenvalue weighted by molar-refractivity contribution is 6.30. The van der Waals surface area contributed by atoms with Crippen molar-refractivity contribution in [3.8, 4) is 5.75 Å². The quantitative estimate of drug-likeness (QED) is 0.896. The molecule has 2 nitrogen and oxygen atoms in total. The molecule has 0 spiro atoms. The molecule has 2 aromatic rings. The van der Waals surface area contributed by atoms with Gasteiger partial charge in [-0.15, -0.1) is 0 Å². The third-order valence-electron chi connectivity index (χ3n) is 3.36. The smallest absolute Gasteiger partial charge is 0.142 e. The average Bonchev–Trinajstić information content (AvgIpc) is 2.48. The van der Waals surface area contributed by atoms with E-state index in [0.29, 0.717) is 17.7 Å². The number of rotatable bonds is 5. The molecule has 0 aliphatic carbocycles. The number of ether oxygens (including phenoxy) is 1. The van der Waals surface area contributed by atoms with Gasteiger partial charge in [0.1, 0.15) is 17.4 Å². The van der Waals surface area contributed by atoms with Crippen LogP contribution in [0.25, 0.3) is 0 Å². The van der Waals surface area contributed by atoms with E-state index in [4.69, 9.17) is 16.3 Å². The highest BCUT2D eigenvalue weighted by atomic mass is 35.5. The summed E-state index contributed by atoms with van der Waals surface area (Å²) in [6, 6.07) is 9.04. The lowest BCUT2D eigenvalue weighted by Crippen LogP contribution is -2.20. The van der Waals surface area contributed by atoms with E-state index in [9.17, 15) is 8.78 Å². The molecule has 0 aromatic heterocycles. The Bertz CT molecular complexity index is 634. The lowest BCUT2D eigenvalue weighted by Gasteiger charge is -2.18. The summed E-state index contributed by atoms with van der Waals surface area (Å²) in [6.07, 6.45) is 0.452. The van der Waals surface area contributed by atoms with Crippen molar-refractivity contribution in [3.05, 3.63) is 64.2 Å². The number of nitrogens with one attached hydrogen (secondary N) is 1. The van der Waals surface area contributed by atoms with Crippen molar-refractivity contribution in [2.24, 2.45) is 0 Å². The van der Waals surface area contributed by atoms with Crippen LogP contribution in [-0.4, -0.2) is 14.2 Å². The van der Waals surface area contributed by atoms with Crippen LogP contribution in [0.4, 0.5) is 8.78 Å². The Morgan fingerprint density at radius 3 is 2.48 bits per heavy atom. The predicted molar refractivity (Wildman–Crippen MR) is 79.9 cm³/mol. The number of hydrogen-bond donors (Lipinski definition) is 1. The Morgan fingerprint density at radius 2 is 1.90 bits per heavy atom. The van der Waals surface area contributed by atoms with E-state index >= 15 is 0 Å².